The fourth-order valence-corrected chi connectivity index (χ4v) is 1.22. The number of hydrogen-bond acceptors (Lipinski definition) is 2. The van der Waals surface area contributed by atoms with Gasteiger partial charge in [-0.25, -0.2) is 0 Å². The lowest BCUT2D eigenvalue weighted by atomic mass is 10.2. The number of halogens is 1. The van der Waals surface area contributed by atoms with Crippen LogP contribution in [-0.2, 0) is 11.2 Å². The van der Waals surface area contributed by atoms with E-state index in [1.807, 2.05) is 18.2 Å². The second-order valence-corrected chi connectivity index (χ2v) is 3.78. The summed E-state index contributed by atoms with van der Waals surface area (Å²) >= 11 is 2.10. The lowest BCUT2D eigenvalue weighted by molar-refractivity contribution is -0.107. The Bertz CT molecular complexity index is 225. The molecule has 0 amide bonds. The average Bonchev–Trinajstić information content (AvgIpc) is 2.06. The smallest absolute Gasteiger partial charge is 0.133 e. The number of aromatic nitrogens is 1. The minimum absolute atomic E-state index is 0.0440. The van der Waals surface area contributed by atoms with Gasteiger partial charge in [0.25, 0.3) is 0 Å². The molecule has 0 fully saturated rings. The van der Waals surface area contributed by atoms with Crippen LogP contribution in [0.2, 0.25) is 0 Å². The maximum Gasteiger partial charge on any atom is 0.133 e. The third kappa shape index (κ3) is 2.96. The SMILES string of the molecule is O=CC(I)Cc1ccccn1. The predicted molar refractivity (Wildman–Crippen MR) is 51.8 cm³/mol. The van der Waals surface area contributed by atoms with Crippen LogP contribution < -0.4 is 0 Å². The van der Waals surface area contributed by atoms with Gasteiger partial charge in [-0.3, -0.25) is 4.98 Å². The molecule has 2 nitrogen and oxygen atoms in total. The topological polar surface area (TPSA) is 30.0 Å². The second-order valence-electron chi connectivity index (χ2n) is 2.18. The van der Waals surface area contributed by atoms with Crippen LogP contribution in [0.25, 0.3) is 0 Å². The van der Waals surface area contributed by atoms with Crippen LogP contribution in [-0.4, -0.2) is 15.2 Å². The summed E-state index contributed by atoms with van der Waals surface area (Å²) < 4.78 is 0.0440. The Morgan fingerprint density at radius 3 is 3.00 bits per heavy atom. The Morgan fingerprint density at radius 1 is 1.64 bits per heavy atom. The lowest BCUT2D eigenvalue weighted by Gasteiger charge is -1.99. The number of carbonyl (C=O) groups is 1. The molecule has 0 saturated heterocycles. The minimum Gasteiger partial charge on any atom is -0.302 e. The third-order valence-corrected chi connectivity index (χ3v) is 2.01. The fourth-order valence-electron chi connectivity index (χ4n) is 0.767. The van der Waals surface area contributed by atoms with Crippen LogP contribution >= 0.6 is 22.6 Å². The van der Waals surface area contributed by atoms with Crippen molar-refractivity contribution in [3.8, 4) is 0 Å². The molecule has 1 aromatic heterocycles. The molecule has 1 atom stereocenters. The summed E-state index contributed by atoms with van der Waals surface area (Å²) in [5, 5.41) is 0. The molecule has 0 radical (unpaired) electrons. The number of alkyl halides is 1. The van der Waals surface area contributed by atoms with Crippen LogP contribution in [0.1, 0.15) is 5.69 Å². The third-order valence-electron chi connectivity index (χ3n) is 1.28. The second kappa shape index (κ2) is 4.43. The number of aldehydes is 1. The Kier molecular flexibility index (Phi) is 3.48. The largest absolute Gasteiger partial charge is 0.302 e. The van der Waals surface area contributed by atoms with E-state index in [9.17, 15) is 4.79 Å². The van der Waals surface area contributed by atoms with E-state index in [1.165, 1.54) is 0 Å². The quantitative estimate of drug-likeness (QED) is 0.470. The van der Waals surface area contributed by atoms with E-state index < -0.39 is 0 Å². The van der Waals surface area contributed by atoms with Crippen molar-refractivity contribution in [3.05, 3.63) is 30.1 Å². The number of hydrogen-bond donors (Lipinski definition) is 0. The molecule has 0 aliphatic heterocycles. The first-order chi connectivity index (χ1) is 5.33. The number of pyridine rings is 1. The van der Waals surface area contributed by atoms with Gasteiger partial charge in [0.2, 0.25) is 0 Å². The summed E-state index contributed by atoms with van der Waals surface area (Å²) in [7, 11) is 0. The molecule has 11 heavy (non-hydrogen) atoms. The molecule has 1 heterocycles. The monoisotopic (exact) mass is 261 g/mol. The highest BCUT2D eigenvalue weighted by Gasteiger charge is 2.02. The molecule has 3 heteroatoms. The zero-order valence-corrected chi connectivity index (χ0v) is 8.06. The normalized spacial score (nSPS) is 12.5. The van der Waals surface area contributed by atoms with Crippen LogP contribution in [0.15, 0.2) is 24.4 Å². The molecule has 0 saturated carbocycles. The summed E-state index contributed by atoms with van der Waals surface area (Å²) in [6, 6.07) is 5.72. The van der Waals surface area contributed by atoms with Crippen molar-refractivity contribution in [1.82, 2.24) is 4.98 Å². The number of carbonyl (C=O) groups excluding carboxylic acids is 1. The highest BCUT2D eigenvalue weighted by Crippen LogP contribution is 2.04. The van der Waals surface area contributed by atoms with Gasteiger partial charge in [-0.15, -0.1) is 0 Å². The van der Waals surface area contributed by atoms with Crippen molar-refractivity contribution in [1.29, 1.82) is 0 Å². The lowest BCUT2D eigenvalue weighted by Crippen LogP contribution is -2.04. The van der Waals surface area contributed by atoms with E-state index in [-0.39, 0.29) is 3.92 Å². The van der Waals surface area contributed by atoms with Crippen molar-refractivity contribution in [3.63, 3.8) is 0 Å². The molecular weight excluding hydrogens is 253 g/mol. The van der Waals surface area contributed by atoms with Gasteiger partial charge in [0, 0.05) is 18.3 Å². The number of rotatable bonds is 3. The Hall–Kier alpha value is -0.450. The summed E-state index contributed by atoms with van der Waals surface area (Å²) in [6.45, 7) is 0. The van der Waals surface area contributed by atoms with Gasteiger partial charge in [-0.05, 0) is 12.1 Å². The predicted octanol–water partition coefficient (Wildman–Crippen LogP) is 1.63. The molecule has 0 spiro atoms. The average molecular weight is 261 g/mol. The summed E-state index contributed by atoms with van der Waals surface area (Å²) in [5.74, 6) is 0. The van der Waals surface area contributed by atoms with Crippen molar-refractivity contribution in [2.45, 2.75) is 10.3 Å². The Balaban J connectivity index is 2.57. The van der Waals surface area contributed by atoms with Gasteiger partial charge < -0.3 is 4.79 Å². The highest BCUT2D eigenvalue weighted by molar-refractivity contribution is 14.1. The van der Waals surface area contributed by atoms with E-state index in [0.717, 1.165) is 18.4 Å². The summed E-state index contributed by atoms with van der Waals surface area (Å²) in [6.07, 6.45) is 3.41. The van der Waals surface area contributed by atoms with Crippen molar-refractivity contribution >= 4 is 28.9 Å². The zero-order valence-electron chi connectivity index (χ0n) is 5.90. The molecule has 1 rings (SSSR count). The maximum atomic E-state index is 10.3. The van der Waals surface area contributed by atoms with Crippen LogP contribution in [0.4, 0.5) is 0 Å². The van der Waals surface area contributed by atoms with E-state index in [2.05, 4.69) is 27.6 Å². The van der Waals surface area contributed by atoms with E-state index in [4.69, 9.17) is 0 Å². The molecule has 0 bridgehead atoms. The van der Waals surface area contributed by atoms with Gasteiger partial charge in [-0.1, -0.05) is 28.7 Å². The van der Waals surface area contributed by atoms with E-state index in [0.29, 0.717) is 0 Å². The van der Waals surface area contributed by atoms with Crippen LogP contribution in [0.3, 0.4) is 0 Å². The molecular formula is C8H8INO. The first kappa shape index (κ1) is 8.64. The first-order valence-electron chi connectivity index (χ1n) is 3.32. The van der Waals surface area contributed by atoms with E-state index in [1.54, 1.807) is 6.20 Å². The van der Waals surface area contributed by atoms with Gasteiger partial charge >= 0.3 is 0 Å². The fraction of sp³-hybridized carbons (Fsp3) is 0.250. The van der Waals surface area contributed by atoms with Crippen molar-refractivity contribution < 1.29 is 4.79 Å². The van der Waals surface area contributed by atoms with Gasteiger partial charge in [-0.2, -0.15) is 0 Å². The molecule has 0 N–H and O–H groups in total. The molecule has 0 aliphatic rings. The van der Waals surface area contributed by atoms with E-state index >= 15 is 0 Å². The Morgan fingerprint density at radius 2 is 2.45 bits per heavy atom. The van der Waals surface area contributed by atoms with Crippen LogP contribution in [0.5, 0.6) is 0 Å². The van der Waals surface area contributed by atoms with Crippen molar-refractivity contribution in [2.75, 3.05) is 0 Å². The molecule has 0 aromatic carbocycles. The molecule has 1 unspecified atom stereocenters. The minimum atomic E-state index is 0.0440. The van der Waals surface area contributed by atoms with Gasteiger partial charge in [0.15, 0.2) is 0 Å². The molecule has 58 valence electrons. The summed E-state index contributed by atoms with van der Waals surface area (Å²) in [4.78, 5) is 14.4. The maximum absolute atomic E-state index is 10.3. The van der Waals surface area contributed by atoms with Gasteiger partial charge in [0.1, 0.15) is 6.29 Å². The van der Waals surface area contributed by atoms with Crippen LogP contribution in [0, 0.1) is 0 Å². The standard InChI is InChI=1S/C8H8INO/c9-7(6-11)5-8-3-1-2-4-10-8/h1-4,6-7H,5H2. The summed E-state index contributed by atoms with van der Waals surface area (Å²) in [5.41, 5.74) is 0.971. The zero-order chi connectivity index (χ0) is 8.10. The highest BCUT2D eigenvalue weighted by atomic mass is 127. The van der Waals surface area contributed by atoms with Crippen molar-refractivity contribution in [2.24, 2.45) is 0 Å². The first-order valence-corrected chi connectivity index (χ1v) is 4.57. The molecule has 0 aliphatic carbocycles. The Labute approximate surface area is 79.2 Å². The molecule has 1 aromatic rings. The van der Waals surface area contributed by atoms with Gasteiger partial charge in [0.05, 0.1) is 3.92 Å². The number of nitrogens with zero attached hydrogens (tertiary/aromatic N) is 1.